The number of aromatic nitrogens is 1. The van der Waals surface area contributed by atoms with E-state index in [1.54, 1.807) is 13.1 Å². The fourth-order valence-corrected chi connectivity index (χ4v) is 2.62. The number of nitrogens with one attached hydrogen (secondary N) is 1. The summed E-state index contributed by atoms with van der Waals surface area (Å²) in [4.78, 5) is 5.03. The first kappa shape index (κ1) is 14.5. The monoisotopic (exact) mass is 279 g/mol. The van der Waals surface area contributed by atoms with Crippen molar-refractivity contribution in [1.82, 2.24) is 14.2 Å². The molecule has 0 radical (unpaired) electrons. The quantitative estimate of drug-likeness (QED) is 0.789. The van der Waals surface area contributed by atoms with E-state index in [1.165, 1.54) is 10.5 Å². The van der Waals surface area contributed by atoms with Crippen LogP contribution in [0.2, 0.25) is 0 Å². The molecule has 1 heterocycles. The normalized spacial score (nSPS) is 12.6. The van der Waals surface area contributed by atoms with Crippen molar-refractivity contribution in [2.24, 2.45) is 0 Å². The Kier molecular flexibility index (Phi) is 5.00. The van der Waals surface area contributed by atoms with Crippen molar-refractivity contribution in [3.63, 3.8) is 0 Å². The van der Waals surface area contributed by atoms with Crippen LogP contribution in [-0.4, -0.2) is 56.8 Å². The molecular weight excluding hydrogens is 262 g/mol. The third-order valence-electron chi connectivity index (χ3n) is 2.43. The van der Waals surface area contributed by atoms with Crippen LogP contribution in [0, 0.1) is 0 Å². The van der Waals surface area contributed by atoms with Crippen molar-refractivity contribution in [3.05, 3.63) is 18.0 Å². The fraction of sp³-hybridized carbons (Fsp3) is 0.600. The summed E-state index contributed by atoms with van der Waals surface area (Å²) in [5, 5.41) is 0. The maximum atomic E-state index is 12.1. The van der Waals surface area contributed by atoms with Crippen LogP contribution in [0.4, 0.5) is 0 Å². The van der Waals surface area contributed by atoms with Crippen LogP contribution in [0.1, 0.15) is 5.69 Å². The second kappa shape index (κ2) is 5.86. The molecule has 0 bridgehead atoms. The van der Waals surface area contributed by atoms with Gasteiger partial charge >= 0.3 is 0 Å². The van der Waals surface area contributed by atoms with Gasteiger partial charge in [0.15, 0.2) is 0 Å². The third kappa shape index (κ3) is 3.70. The van der Waals surface area contributed by atoms with Gasteiger partial charge in [0, 0.05) is 32.0 Å². The second-order valence-corrected chi connectivity index (χ2v) is 6.44. The van der Waals surface area contributed by atoms with Crippen LogP contribution in [-0.2, 0) is 15.9 Å². The maximum absolute atomic E-state index is 12.1. The number of H-pyrrole nitrogens is 1. The standard InChI is InChI=1S/C10H18ClN3O2S/c1-13(2)4-5-14(3)17(15,16)10-6-9(7-11)12-8-10/h6,8,12H,4-5,7H2,1-3H3. The van der Waals surface area contributed by atoms with Gasteiger partial charge in [0.2, 0.25) is 10.0 Å². The molecule has 1 N–H and O–H groups in total. The Morgan fingerprint density at radius 2 is 1.94 bits per heavy atom. The van der Waals surface area contributed by atoms with E-state index in [-0.39, 0.29) is 10.8 Å². The molecule has 0 aliphatic heterocycles. The molecule has 1 rings (SSSR count). The number of nitrogens with zero attached hydrogens (tertiary/aromatic N) is 2. The molecule has 0 saturated carbocycles. The van der Waals surface area contributed by atoms with Crippen molar-refractivity contribution in [3.8, 4) is 0 Å². The predicted octanol–water partition coefficient (Wildman–Crippen LogP) is 0.936. The Hall–Kier alpha value is -0.560. The molecule has 0 fully saturated rings. The number of hydrogen-bond donors (Lipinski definition) is 1. The van der Waals surface area contributed by atoms with E-state index in [2.05, 4.69) is 4.98 Å². The van der Waals surface area contributed by atoms with Gasteiger partial charge in [-0.2, -0.15) is 4.31 Å². The van der Waals surface area contributed by atoms with Gasteiger partial charge in [-0.25, -0.2) is 8.42 Å². The van der Waals surface area contributed by atoms with Gasteiger partial charge in [0.25, 0.3) is 0 Å². The zero-order chi connectivity index (χ0) is 13.1. The summed E-state index contributed by atoms with van der Waals surface area (Å²) in [5.41, 5.74) is 0.700. The molecular formula is C10H18ClN3O2S. The van der Waals surface area contributed by atoms with Crippen LogP contribution in [0.5, 0.6) is 0 Å². The number of alkyl halides is 1. The number of sulfonamides is 1. The first-order valence-electron chi connectivity index (χ1n) is 5.22. The maximum Gasteiger partial charge on any atom is 0.244 e. The van der Waals surface area contributed by atoms with E-state index < -0.39 is 10.0 Å². The Bertz CT molecular complexity index is 456. The van der Waals surface area contributed by atoms with Gasteiger partial charge in [-0.05, 0) is 20.2 Å². The van der Waals surface area contributed by atoms with Gasteiger partial charge in [0.1, 0.15) is 0 Å². The molecule has 0 saturated heterocycles. The lowest BCUT2D eigenvalue weighted by Gasteiger charge is -2.18. The molecule has 0 spiro atoms. The third-order valence-corrected chi connectivity index (χ3v) is 4.55. The molecule has 0 aliphatic rings. The van der Waals surface area contributed by atoms with Crippen LogP contribution in [0.15, 0.2) is 17.2 Å². The lowest BCUT2D eigenvalue weighted by atomic mass is 10.5. The van der Waals surface area contributed by atoms with Crippen molar-refractivity contribution in [2.75, 3.05) is 34.2 Å². The van der Waals surface area contributed by atoms with Gasteiger partial charge in [0.05, 0.1) is 10.8 Å². The van der Waals surface area contributed by atoms with Crippen molar-refractivity contribution >= 4 is 21.6 Å². The Balaban J connectivity index is 2.79. The van der Waals surface area contributed by atoms with Crippen LogP contribution in [0.3, 0.4) is 0 Å². The first-order chi connectivity index (χ1) is 7.87. The van der Waals surface area contributed by atoms with Gasteiger partial charge in [-0.15, -0.1) is 11.6 Å². The van der Waals surface area contributed by atoms with Gasteiger partial charge < -0.3 is 9.88 Å². The summed E-state index contributed by atoms with van der Waals surface area (Å²) in [6, 6.07) is 1.56. The highest BCUT2D eigenvalue weighted by atomic mass is 35.5. The van der Waals surface area contributed by atoms with Gasteiger partial charge in [-0.3, -0.25) is 0 Å². The molecule has 0 aromatic carbocycles. The lowest BCUT2D eigenvalue weighted by Crippen LogP contribution is -2.33. The molecule has 0 amide bonds. The Morgan fingerprint density at radius 1 is 1.29 bits per heavy atom. The van der Waals surface area contributed by atoms with Crippen molar-refractivity contribution in [2.45, 2.75) is 10.8 Å². The summed E-state index contributed by atoms with van der Waals surface area (Å²) in [5.74, 6) is 0.275. The highest BCUT2D eigenvalue weighted by Crippen LogP contribution is 2.16. The first-order valence-corrected chi connectivity index (χ1v) is 7.19. The highest BCUT2D eigenvalue weighted by Gasteiger charge is 2.21. The number of halogens is 1. The van der Waals surface area contributed by atoms with Gasteiger partial charge in [-0.1, -0.05) is 0 Å². The topological polar surface area (TPSA) is 56.4 Å². The summed E-state index contributed by atoms with van der Waals surface area (Å²) >= 11 is 5.63. The zero-order valence-electron chi connectivity index (χ0n) is 10.3. The number of hydrogen-bond acceptors (Lipinski definition) is 3. The van der Waals surface area contributed by atoms with E-state index in [1.807, 2.05) is 19.0 Å². The van der Waals surface area contributed by atoms with Crippen molar-refractivity contribution < 1.29 is 8.42 Å². The smallest absolute Gasteiger partial charge is 0.244 e. The molecule has 0 atom stereocenters. The molecule has 7 heteroatoms. The van der Waals surface area contributed by atoms with Crippen LogP contribution >= 0.6 is 11.6 Å². The van der Waals surface area contributed by atoms with Crippen LogP contribution < -0.4 is 0 Å². The molecule has 0 unspecified atom stereocenters. The van der Waals surface area contributed by atoms with E-state index in [9.17, 15) is 8.42 Å². The minimum Gasteiger partial charge on any atom is -0.363 e. The lowest BCUT2D eigenvalue weighted by molar-refractivity contribution is 0.358. The van der Waals surface area contributed by atoms with E-state index >= 15 is 0 Å². The molecule has 98 valence electrons. The minimum atomic E-state index is -3.41. The molecule has 1 aromatic heterocycles. The summed E-state index contributed by atoms with van der Waals surface area (Å²) in [6.07, 6.45) is 1.47. The second-order valence-electron chi connectivity index (χ2n) is 4.12. The number of rotatable bonds is 6. The summed E-state index contributed by atoms with van der Waals surface area (Å²) in [6.45, 7) is 1.14. The van der Waals surface area contributed by atoms with Crippen molar-refractivity contribution in [1.29, 1.82) is 0 Å². The Labute approximate surface area is 107 Å². The predicted molar refractivity (Wildman–Crippen MR) is 68.7 cm³/mol. The van der Waals surface area contributed by atoms with E-state index in [0.29, 0.717) is 18.8 Å². The summed E-state index contributed by atoms with van der Waals surface area (Å²) in [7, 11) is 1.98. The number of likely N-dealkylation sites (N-methyl/N-ethyl adjacent to an activating group) is 2. The molecule has 0 aliphatic carbocycles. The van der Waals surface area contributed by atoms with E-state index in [4.69, 9.17) is 11.6 Å². The molecule has 17 heavy (non-hydrogen) atoms. The zero-order valence-corrected chi connectivity index (χ0v) is 11.8. The average Bonchev–Trinajstić information content (AvgIpc) is 2.74. The van der Waals surface area contributed by atoms with Crippen LogP contribution in [0.25, 0.3) is 0 Å². The summed E-state index contributed by atoms with van der Waals surface area (Å²) < 4.78 is 25.6. The minimum absolute atomic E-state index is 0.259. The molecule has 5 nitrogen and oxygen atoms in total. The molecule has 1 aromatic rings. The fourth-order valence-electron chi connectivity index (χ4n) is 1.29. The number of aromatic amines is 1. The Morgan fingerprint density at radius 3 is 2.41 bits per heavy atom. The SMILES string of the molecule is CN(C)CCN(C)S(=O)(=O)c1c[nH]c(CCl)c1. The van der Waals surface area contributed by atoms with E-state index in [0.717, 1.165) is 0 Å². The highest BCUT2D eigenvalue weighted by molar-refractivity contribution is 7.89. The average molecular weight is 280 g/mol. The largest absolute Gasteiger partial charge is 0.363 e.